The maximum Gasteiger partial charge on any atom is 0.226 e. The molecule has 7 heteroatoms. The number of benzene rings is 1. The van der Waals surface area contributed by atoms with Gasteiger partial charge in [-0.2, -0.15) is 5.10 Å². The first-order valence-corrected chi connectivity index (χ1v) is 10.1. The van der Waals surface area contributed by atoms with Crippen molar-refractivity contribution in [1.82, 2.24) is 20.0 Å². The summed E-state index contributed by atoms with van der Waals surface area (Å²) in [4.78, 5) is 12.3. The molecular weight excluding hydrogens is 358 g/mol. The van der Waals surface area contributed by atoms with Crippen LogP contribution in [-0.2, 0) is 17.6 Å². The number of nitrogens with zero attached hydrogens (tertiary/aromatic N) is 4. The predicted molar refractivity (Wildman–Crippen MR) is 109 cm³/mol. The van der Waals surface area contributed by atoms with Crippen LogP contribution in [0.15, 0.2) is 30.3 Å². The van der Waals surface area contributed by atoms with Gasteiger partial charge < -0.3 is 5.32 Å². The van der Waals surface area contributed by atoms with E-state index in [0.717, 1.165) is 46.9 Å². The van der Waals surface area contributed by atoms with Gasteiger partial charge in [-0.1, -0.05) is 42.9 Å². The standard InChI is InChI=1S/C20H25N5OS/c1-4-5-11-19-22-23-20(27-19)21-18(26)13-12-17-14(2)24-25(15(17)3)16-9-7-6-8-10-16/h6-10H,4-5,11-13H2,1-3H3,(H,21,23,26). The molecule has 3 aromatic rings. The van der Waals surface area contributed by atoms with Crippen LogP contribution in [0.3, 0.4) is 0 Å². The van der Waals surface area contributed by atoms with E-state index in [1.165, 1.54) is 11.3 Å². The van der Waals surface area contributed by atoms with Gasteiger partial charge in [0.25, 0.3) is 0 Å². The van der Waals surface area contributed by atoms with Crippen molar-refractivity contribution in [2.75, 3.05) is 5.32 Å². The van der Waals surface area contributed by atoms with Crippen molar-refractivity contribution < 1.29 is 4.79 Å². The Kier molecular flexibility index (Phi) is 6.34. The van der Waals surface area contributed by atoms with Crippen LogP contribution in [0.25, 0.3) is 5.69 Å². The van der Waals surface area contributed by atoms with E-state index in [2.05, 4.69) is 27.5 Å². The third-order valence-corrected chi connectivity index (χ3v) is 5.40. The second-order valence-electron chi connectivity index (χ2n) is 6.55. The number of hydrogen-bond acceptors (Lipinski definition) is 5. The third-order valence-electron chi connectivity index (χ3n) is 4.50. The number of nitrogens with one attached hydrogen (secondary N) is 1. The van der Waals surface area contributed by atoms with Crippen LogP contribution in [-0.4, -0.2) is 25.9 Å². The van der Waals surface area contributed by atoms with Crippen molar-refractivity contribution in [2.24, 2.45) is 0 Å². The molecular formula is C20H25N5OS. The lowest BCUT2D eigenvalue weighted by Gasteiger charge is -2.05. The Balaban J connectivity index is 1.60. The fraction of sp³-hybridized carbons (Fsp3) is 0.400. The lowest BCUT2D eigenvalue weighted by atomic mass is 10.1. The topological polar surface area (TPSA) is 72.7 Å². The van der Waals surface area contributed by atoms with Crippen molar-refractivity contribution in [3.05, 3.63) is 52.3 Å². The first-order valence-electron chi connectivity index (χ1n) is 9.31. The van der Waals surface area contributed by atoms with Gasteiger partial charge in [-0.3, -0.25) is 4.79 Å². The van der Waals surface area contributed by atoms with Gasteiger partial charge in [0.2, 0.25) is 11.0 Å². The first kappa shape index (κ1) is 19.2. The van der Waals surface area contributed by atoms with E-state index < -0.39 is 0 Å². The molecule has 0 aliphatic heterocycles. The molecule has 142 valence electrons. The van der Waals surface area contributed by atoms with Crippen LogP contribution in [0, 0.1) is 13.8 Å². The monoisotopic (exact) mass is 383 g/mol. The summed E-state index contributed by atoms with van der Waals surface area (Å²) in [5.74, 6) is -0.0422. The van der Waals surface area contributed by atoms with E-state index in [1.54, 1.807) is 0 Å². The number of aryl methyl sites for hydroxylation is 2. The van der Waals surface area contributed by atoms with E-state index in [1.807, 2.05) is 48.9 Å². The van der Waals surface area contributed by atoms with E-state index in [-0.39, 0.29) is 5.91 Å². The average Bonchev–Trinajstić information content (AvgIpc) is 3.23. The molecule has 0 radical (unpaired) electrons. The lowest BCUT2D eigenvalue weighted by molar-refractivity contribution is -0.116. The molecule has 2 aromatic heterocycles. The molecule has 1 aromatic carbocycles. The zero-order valence-corrected chi connectivity index (χ0v) is 16.8. The SMILES string of the molecule is CCCCc1nnc(NC(=O)CCc2c(C)nn(-c3ccccc3)c2C)s1. The van der Waals surface area contributed by atoms with Crippen LogP contribution in [0.2, 0.25) is 0 Å². The molecule has 0 spiro atoms. The molecule has 27 heavy (non-hydrogen) atoms. The number of anilines is 1. The highest BCUT2D eigenvalue weighted by Gasteiger charge is 2.15. The van der Waals surface area contributed by atoms with Gasteiger partial charge in [0.15, 0.2) is 0 Å². The van der Waals surface area contributed by atoms with Crippen LogP contribution in [0.4, 0.5) is 5.13 Å². The number of rotatable bonds is 8. The number of unbranched alkanes of at least 4 members (excludes halogenated alkanes) is 1. The van der Waals surface area contributed by atoms with E-state index in [4.69, 9.17) is 0 Å². The number of para-hydroxylation sites is 1. The predicted octanol–water partition coefficient (Wildman–Crippen LogP) is 4.25. The molecule has 0 saturated heterocycles. The summed E-state index contributed by atoms with van der Waals surface area (Å²) in [6, 6.07) is 10.0. The third kappa shape index (κ3) is 4.80. The van der Waals surface area contributed by atoms with Crippen LogP contribution in [0.1, 0.15) is 48.1 Å². The first-order chi connectivity index (χ1) is 13.1. The van der Waals surface area contributed by atoms with E-state index in [0.29, 0.717) is 18.0 Å². The molecule has 0 aliphatic carbocycles. The van der Waals surface area contributed by atoms with Gasteiger partial charge >= 0.3 is 0 Å². The Hall–Kier alpha value is -2.54. The number of amides is 1. The van der Waals surface area contributed by atoms with Gasteiger partial charge in [-0.25, -0.2) is 4.68 Å². The molecule has 0 saturated carbocycles. The fourth-order valence-corrected chi connectivity index (χ4v) is 3.81. The highest BCUT2D eigenvalue weighted by molar-refractivity contribution is 7.15. The highest BCUT2D eigenvalue weighted by Crippen LogP contribution is 2.20. The van der Waals surface area contributed by atoms with Crippen LogP contribution >= 0.6 is 11.3 Å². The van der Waals surface area contributed by atoms with Gasteiger partial charge in [-0.15, -0.1) is 10.2 Å². The Bertz CT molecular complexity index is 900. The van der Waals surface area contributed by atoms with Gasteiger partial charge in [0, 0.05) is 18.5 Å². The lowest BCUT2D eigenvalue weighted by Crippen LogP contribution is -2.12. The molecule has 0 atom stereocenters. The Labute approximate surface area is 163 Å². The molecule has 0 unspecified atom stereocenters. The average molecular weight is 384 g/mol. The van der Waals surface area contributed by atoms with Crippen molar-refractivity contribution in [1.29, 1.82) is 0 Å². The van der Waals surface area contributed by atoms with E-state index >= 15 is 0 Å². The minimum atomic E-state index is -0.0422. The largest absolute Gasteiger partial charge is 0.301 e. The number of hydrogen-bond donors (Lipinski definition) is 1. The second kappa shape index (κ2) is 8.90. The summed E-state index contributed by atoms with van der Waals surface area (Å²) in [5.41, 5.74) is 4.18. The normalized spacial score (nSPS) is 10.9. The number of carbonyl (C=O) groups excluding carboxylic acids is 1. The smallest absolute Gasteiger partial charge is 0.226 e. The van der Waals surface area contributed by atoms with Gasteiger partial charge in [0.05, 0.1) is 11.4 Å². The summed E-state index contributed by atoms with van der Waals surface area (Å²) in [6.45, 7) is 6.18. The zero-order chi connectivity index (χ0) is 19.2. The van der Waals surface area contributed by atoms with Crippen LogP contribution in [0.5, 0.6) is 0 Å². The van der Waals surface area contributed by atoms with Crippen molar-refractivity contribution in [3.8, 4) is 5.69 Å². The Morgan fingerprint density at radius 3 is 2.67 bits per heavy atom. The molecule has 0 aliphatic rings. The van der Waals surface area contributed by atoms with Crippen molar-refractivity contribution >= 4 is 22.4 Å². The molecule has 3 rings (SSSR count). The molecule has 0 fully saturated rings. The summed E-state index contributed by atoms with van der Waals surface area (Å²) >= 11 is 1.46. The molecule has 0 bridgehead atoms. The molecule has 2 heterocycles. The number of carbonyl (C=O) groups is 1. The van der Waals surface area contributed by atoms with Crippen molar-refractivity contribution in [2.45, 2.75) is 52.9 Å². The minimum absolute atomic E-state index is 0.0422. The zero-order valence-electron chi connectivity index (χ0n) is 16.0. The maximum absolute atomic E-state index is 12.3. The van der Waals surface area contributed by atoms with Gasteiger partial charge in [-0.05, 0) is 44.4 Å². The quantitative estimate of drug-likeness (QED) is 0.631. The number of aromatic nitrogens is 4. The Morgan fingerprint density at radius 2 is 1.93 bits per heavy atom. The fourth-order valence-electron chi connectivity index (χ4n) is 3.01. The molecule has 1 N–H and O–H groups in total. The molecule has 1 amide bonds. The minimum Gasteiger partial charge on any atom is -0.301 e. The summed E-state index contributed by atoms with van der Waals surface area (Å²) in [5, 5.41) is 17.3. The van der Waals surface area contributed by atoms with Crippen molar-refractivity contribution in [3.63, 3.8) is 0 Å². The van der Waals surface area contributed by atoms with E-state index in [9.17, 15) is 4.79 Å². The summed E-state index contributed by atoms with van der Waals surface area (Å²) < 4.78 is 1.94. The maximum atomic E-state index is 12.3. The van der Waals surface area contributed by atoms with Crippen LogP contribution < -0.4 is 5.32 Å². The second-order valence-corrected chi connectivity index (χ2v) is 7.61. The summed E-state index contributed by atoms with van der Waals surface area (Å²) in [7, 11) is 0. The Morgan fingerprint density at radius 1 is 1.15 bits per heavy atom. The van der Waals surface area contributed by atoms with Gasteiger partial charge in [0.1, 0.15) is 5.01 Å². The summed E-state index contributed by atoms with van der Waals surface area (Å²) in [6.07, 6.45) is 4.17. The highest BCUT2D eigenvalue weighted by atomic mass is 32.1. The molecule has 6 nitrogen and oxygen atoms in total.